The fourth-order valence-electron chi connectivity index (χ4n) is 3.43. The van der Waals surface area contributed by atoms with Gasteiger partial charge in [0.15, 0.2) is 5.76 Å². The molecule has 2 aromatic carbocycles. The number of para-hydroxylation sites is 2. The van der Waals surface area contributed by atoms with Gasteiger partial charge in [-0.3, -0.25) is 9.69 Å². The summed E-state index contributed by atoms with van der Waals surface area (Å²) in [4.78, 5) is 16.6. The number of amides is 1. The van der Waals surface area contributed by atoms with Crippen LogP contribution in [-0.4, -0.2) is 42.7 Å². The van der Waals surface area contributed by atoms with Crippen molar-refractivity contribution in [1.29, 1.82) is 0 Å². The molecule has 1 saturated heterocycles. The Kier molecular flexibility index (Phi) is 5.12. The first-order chi connectivity index (χ1) is 13.6. The lowest BCUT2D eigenvalue weighted by Crippen LogP contribution is -2.50. The Balaban J connectivity index is 1.41. The van der Waals surface area contributed by atoms with Gasteiger partial charge in [-0.15, -0.1) is 0 Å². The van der Waals surface area contributed by atoms with Gasteiger partial charge in [0.25, 0.3) is 0 Å². The molecule has 6 heteroatoms. The zero-order valence-electron chi connectivity index (χ0n) is 16.1. The Morgan fingerprint density at radius 2 is 1.89 bits per heavy atom. The number of hydrogen-bond acceptors (Lipinski definition) is 5. The molecule has 1 amide bonds. The van der Waals surface area contributed by atoms with Crippen LogP contribution in [0.25, 0.3) is 11.3 Å². The van der Waals surface area contributed by atoms with E-state index in [0.29, 0.717) is 25.4 Å². The van der Waals surface area contributed by atoms with E-state index in [1.807, 2.05) is 42.5 Å². The summed E-state index contributed by atoms with van der Waals surface area (Å²) in [7, 11) is 1.62. The third-order valence-electron chi connectivity index (χ3n) is 4.96. The minimum absolute atomic E-state index is 0.0500. The highest BCUT2D eigenvalue weighted by Crippen LogP contribution is 2.29. The molecule has 0 bridgehead atoms. The minimum atomic E-state index is 0.0500. The van der Waals surface area contributed by atoms with Gasteiger partial charge in [-0.1, -0.05) is 47.1 Å². The largest absolute Gasteiger partial charge is 0.495 e. The van der Waals surface area contributed by atoms with E-state index in [0.717, 1.165) is 29.2 Å². The summed E-state index contributed by atoms with van der Waals surface area (Å²) < 4.78 is 10.9. The molecule has 0 radical (unpaired) electrons. The van der Waals surface area contributed by atoms with Crippen molar-refractivity contribution < 1.29 is 14.1 Å². The first-order valence-electron chi connectivity index (χ1n) is 9.32. The zero-order chi connectivity index (χ0) is 19.5. The summed E-state index contributed by atoms with van der Waals surface area (Å²) in [6.07, 6.45) is 0. The molecule has 0 saturated carbocycles. The van der Waals surface area contributed by atoms with E-state index in [2.05, 4.69) is 29.1 Å². The lowest BCUT2D eigenvalue weighted by Gasteiger charge is -2.34. The number of anilines is 1. The maximum Gasteiger partial charge on any atom is 0.241 e. The molecule has 3 aromatic rings. The van der Waals surface area contributed by atoms with Crippen molar-refractivity contribution in [3.63, 3.8) is 0 Å². The van der Waals surface area contributed by atoms with E-state index in [4.69, 9.17) is 9.26 Å². The van der Waals surface area contributed by atoms with Crippen LogP contribution in [0.5, 0.6) is 5.75 Å². The van der Waals surface area contributed by atoms with Crippen molar-refractivity contribution >= 4 is 11.6 Å². The summed E-state index contributed by atoms with van der Waals surface area (Å²) in [5.41, 5.74) is 3.86. The number of aryl methyl sites for hydroxylation is 1. The number of benzene rings is 2. The lowest BCUT2D eigenvalue weighted by molar-refractivity contribution is -0.121. The molecule has 0 aliphatic carbocycles. The Hall–Kier alpha value is -3.12. The molecule has 1 fully saturated rings. The smallest absolute Gasteiger partial charge is 0.241 e. The van der Waals surface area contributed by atoms with Gasteiger partial charge in [-0.2, -0.15) is 0 Å². The molecule has 4 rings (SSSR count). The van der Waals surface area contributed by atoms with Gasteiger partial charge in [0, 0.05) is 24.7 Å². The fraction of sp³-hybridized carbons (Fsp3) is 0.273. The van der Waals surface area contributed by atoms with Gasteiger partial charge >= 0.3 is 0 Å². The van der Waals surface area contributed by atoms with E-state index >= 15 is 0 Å². The number of carbonyl (C=O) groups is 1. The maximum atomic E-state index is 12.7. The molecule has 2 heterocycles. The van der Waals surface area contributed by atoms with Gasteiger partial charge in [0.1, 0.15) is 11.4 Å². The molecule has 0 unspecified atom stereocenters. The first-order valence-corrected chi connectivity index (χ1v) is 9.32. The van der Waals surface area contributed by atoms with Crippen LogP contribution in [0.4, 0.5) is 5.69 Å². The number of hydrogen-bond donors (Lipinski definition) is 0. The van der Waals surface area contributed by atoms with Crippen LogP contribution in [0.1, 0.15) is 11.3 Å². The molecule has 1 aliphatic heterocycles. The Morgan fingerprint density at radius 3 is 2.64 bits per heavy atom. The molecule has 0 spiro atoms. The Bertz CT molecular complexity index is 965. The number of carbonyl (C=O) groups excluding carboxylic acids is 1. The normalized spacial score (nSPS) is 15.1. The molecule has 144 valence electrons. The molecule has 6 nitrogen and oxygen atoms in total. The molecule has 1 aromatic heterocycles. The van der Waals surface area contributed by atoms with Crippen molar-refractivity contribution in [3.05, 3.63) is 65.9 Å². The quantitative estimate of drug-likeness (QED) is 0.681. The fourth-order valence-corrected chi connectivity index (χ4v) is 3.43. The Morgan fingerprint density at radius 1 is 1.11 bits per heavy atom. The lowest BCUT2D eigenvalue weighted by atomic mass is 10.1. The first kappa shape index (κ1) is 18.3. The predicted molar refractivity (Wildman–Crippen MR) is 107 cm³/mol. The highest BCUT2D eigenvalue weighted by Gasteiger charge is 2.27. The van der Waals surface area contributed by atoms with Crippen molar-refractivity contribution in [2.75, 3.05) is 31.6 Å². The van der Waals surface area contributed by atoms with Crippen LogP contribution in [-0.2, 0) is 11.3 Å². The summed E-state index contributed by atoms with van der Waals surface area (Å²) in [6, 6.07) is 17.7. The molecule has 1 aliphatic rings. The monoisotopic (exact) mass is 377 g/mol. The third-order valence-corrected chi connectivity index (χ3v) is 4.96. The van der Waals surface area contributed by atoms with E-state index in [-0.39, 0.29) is 5.91 Å². The Labute approximate surface area is 164 Å². The van der Waals surface area contributed by atoms with E-state index in [9.17, 15) is 4.79 Å². The summed E-state index contributed by atoms with van der Waals surface area (Å²) in [5.74, 6) is 1.52. The van der Waals surface area contributed by atoms with Crippen LogP contribution in [0.2, 0.25) is 0 Å². The predicted octanol–water partition coefficient (Wildman–Crippen LogP) is 3.51. The van der Waals surface area contributed by atoms with E-state index in [1.54, 1.807) is 12.0 Å². The summed E-state index contributed by atoms with van der Waals surface area (Å²) in [6.45, 7) is 4.31. The SMILES string of the molecule is COc1ccccc1N1CCN(Cc2cc(-c3ccc(C)cc3)no2)CC1=O. The van der Waals surface area contributed by atoms with Crippen LogP contribution in [0, 0.1) is 6.92 Å². The number of ether oxygens (including phenoxy) is 1. The molecule has 0 atom stereocenters. The average Bonchev–Trinajstić information content (AvgIpc) is 3.17. The van der Waals surface area contributed by atoms with Crippen molar-refractivity contribution in [3.8, 4) is 17.0 Å². The minimum Gasteiger partial charge on any atom is -0.495 e. The molecule has 28 heavy (non-hydrogen) atoms. The highest BCUT2D eigenvalue weighted by atomic mass is 16.5. The number of nitrogens with zero attached hydrogens (tertiary/aromatic N) is 3. The van der Waals surface area contributed by atoms with Gasteiger partial charge in [-0.25, -0.2) is 0 Å². The maximum absolute atomic E-state index is 12.7. The van der Waals surface area contributed by atoms with Crippen LogP contribution >= 0.6 is 0 Å². The van der Waals surface area contributed by atoms with Crippen molar-refractivity contribution in [2.24, 2.45) is 0 Å². The van der Waals surface area contributed by atoms with Crippen LogP contribution in [0.15, 0.2) is 59.1 Å². The molecule has 0 N–H and O–H groups in total. The highest BCUT2D eigenvalue weighted by molar-refractivity contribution is 5.96. The topological polar surface area (TPSA) is 58.8 Å². The number of rotatable bonds is 5. The second-order valence-corrected chi connectivity index (χ2v) is 6.97. The average molecular weight is 377 g/mol. The van der Waals surface area contributed by atoms with Crippen molar-refractivity contribution in [2.45, 2.75) is 13.5 Å². The van der Waals surface area contributed by atoms with E-state index in [1.165, 1.54) is 5.56 Å². The second-order valence-electron chi connectivity index (χ2n) is 6.97. The van der Waals surface area contributed by atoms with Gasteiger partial charge in [0.05, 0.1) is 25.9 Å². The summed E-state index contributed by atoms with van der Waals surface area (Å²) >= 11 is 0. The van der Waals surface area contributed by atoms with Crippen LogP contribution in [0.3, 0.4) is 0 Å². The standard InChI is InChI=1S/C22H23N3O3/c1-16-7-9-17(10-8-16)19-13-18(28-23-19)14-24-11-12-25(22(26)15-24)20-5-3-4-6-21(20)27-2/h3-10,13H,11-12,14-15H2,1-2H3. The van der Waals surface area contributed by atoms with Gasteiger partial charge in [-0.05, 0) is 19.1 Å². The van der Waals surface area contributed by atoms with Crippen molar-refractivity contribution in [1.82, 2.24) is 10.1 Å². The zero-order valence-corrected chi connectivity index (χ0v) is 16.1. The number of aromatic nitrogens is 1. The van der Waals surface area contributed by atoms with E-state index < -0.39 is 0 Å². The van der Waals surface area contributed by atoms with Gasteiger partial charge in [0.2, 0.25) is 5.91 Å². The summed E-state index contributed by atoms with van der Waals surface area (Å²) in [5, 5.41) is 4.17. The molecular weight excluding hydrogens is 354 g/mol. The number of methoxy groups -OCH3 is 1. The third kappa shape index (κ3) is 3.77. The van der Waals surface area contributed by atoms with Gasteiger partial charge < -0.3 is 14.2 Å². The van der Waals surface area contributed by atoms with Crippen LogP contribution < -0.4 is 9.64 Å². The second kappa shape index (κ2) is 7.86. The molecular formula is C22H23N3O3. The number of piperazine rings is 1.